The van der Waals surface area contributed by atoms with E-state index in [4.69, 9.17) is 9.84 Å². The van der Waals surface area contributed by atoms with Crippen LogP contribution in [-0.4, -0.2) is 35.1 Å². The van der Waals surface area contributed by atoms with Gasteiger partial charge in [-0.3, -0.25) is 9.48 Å². The average molecular weight is 703 g/mol. The number of hydrogen-bond donors (Lipinski definition) is 1. The molecule has 216 valence electrons. The number of aromatic nitrogens is 3. The molecule has 0 fully saturated rings. The van der Waals surface area contributed by atoms with Crippen molar-refractivity contribution >= 4 is 49.4 Å². The van der Waals surface area contributed by atoms with E-state index in [-0.39, 0.29) is 10.5 Å². The van der Waals surface area contributed by atoms with Crippen LogP contribution in [0.4, 0.5) is 0 Å². The molecule has 2 heterocycles. The van der Waals surface area contributed by atoms with Gasteiger partial charge in [0.05, 0.1) is 28.2 Å². The standard InChI is InChI=1S/C33H27IN4O4S/c1-22-9-11-27(12-10-22)43(40,41)38-18-15-28-30(38)13-14-31(32(28)33(39)35-2)42-26-8-4-6-24(20-26)29-16-17-37(36-29)21-23-5-3-7-25(34)19-23/h3-20H,21H2,1-2H3,(H,35,39). The first kappa shape index (κ1) is 28.7. The molecule has 43 heavy (non-hydrogen) atoms. The van der Waals surface area contributed by atoms with E-state index in [1.807, 2.05) is 48.1 Å². The number of halogens is 1. The Kier molecular flexibility index (Phi) is 7.80. The molecule has 6 aromatic rings. The number of rotatable bonds is 8. The number of ether oxygens (including phenoxy) is 1. The number of carbonyl (C=O) groups is 1. The zero-order valence-electron chi connectivity index (χ0n) is 23.4. The van der Waals surface area contributed by atoms with Gasteiger partial charge in [0, 0.05) is 34.0 Å². The third-order valence-corrected chi connectivity index (χ3v) is 9.44. The number of fused-ring (bicyclic) bond motifs is 1. The highest BCUT2D eigenvalue weighted by Crippen LogP contribution is 2.35. The molecule has 0 unspecified atom stereocenters. The number of aryl methyl sites for hydroxylation is 1. The zero-order valence-corrected chi connectivity index (χ0v) is 26.3. The van der Waals surface area contributed by atoms with Gasteiger partial charge in [0.15, 0.2) is 0 Å². The van der Waals surface area contributed by atoms with Crippen molar-refractivity contribution in [1.29, 1.82) is 0 Å². The van der Waals surface area contributed by atoms with E-state index in [1.54, 1.807) is 48.5 Å². The van der Waals surface area contributed by atoms with E-state index < -0.39 is 15.9 Å². The lowest BCUT2D eigenvalue weighted by Crippen LogP contribution is -2.19. The van der Waals surface area contributed by atoms with Crippen molar-refractivity contribution in [3.8, 4) is 22.8 Å². The Morgan fingerprint density at radius 2 is 1.72 bits per heavy atom. The SMILES string of the molecule is CNC(=O)c1c(Oc2cccc(-c3ccn(Cc4cccc(I)c4)n3)c2)ccc2c1ccn2S(=O)(=O)c1ccc(C)cc1. The number of nitrogens with one attached hydrogen (secondary N) is 1. The van der Waals surface area contributed by atoms with Crippen LogP contribution in [-0.2, 0) is 16.6 Å². The molecular weight excluding hydrogens is 675 g/mol. The van der Waals surface area contributed by atoms with Crippen LogP contribution in [0.1, 0.15) is 21.5 Å². The van der Waals surface area contributed by atoms with Crippen LogP contribution >= 0.6 is 22.6 Å². The van der Waals surface area contributed by atoms with Crippen LogP contribution in [0.2, 0.25) is 0 Å². The molecule has 0 aliphatic carbocycles. The summed E-state index contributed by atoms with van der Waals surface area (Å²) in [7, 11) is -2.36. The van der Waals surface area contributed by atoms with Gasteiger partial charge in [-0.25, -0.2) is 12.4 Å². The molecule has 8 nitrogen and oxygen atoms in total. The summed E-state index contributed by atoms with van der Waals surface area (Å²) in [6, 6.07) is 29.3. The molecule has 6 rings (SSSR count). The van der Waals surface area contributed by atoms with E-state index in [0.717, 1.165) is 22.4 Å². The number of benzene rings is 4. The van der Waals surface area contributed by atoms with Crippen molar-refractivity contribution in [2.24, 2.45) is 0 Å². The minimum absolute atomic E-state index is 0.162. The minimum Gasteiger partial charge on any atom is -0.456 e. The molecule has 1 N–H and O–H groups in total. The third-order valence-electron chi connectivity index (χ3n) is 7.06. The van der Waals surface area contributed by atoms with Gasteiger partial charge < -0.3 is 10.1 Å². The normalized spacial score (nSPS) is 11.5. The highest BCUT2D eigenvalue weighted by Gasteiger charge is 2.24. The highest BCUT2D eigenvalue weighted by atomic mass is 127. The first-order valence-electron chi connectivity index (χ1n) is 13.5. The maximum absolute atomic E-state index is 13.5. The third kappa shape index (κ3) is 5.80. The summed E-state index contributed by atoms with van der Waals surface area (Å²) in [5.41, 5.74) is 4.38. The smallest absolute Gasteiger partial charge is 0.268 e. The molecule has 0 spiro atoms. The van der Waals surface area contributed by atoms with E-state index in [9.17, 15) is 13.2 Å². The highest BCUT2D eigenvalue weighted by molar-refractivity contribution is 14.1. The van der Waals surface area contributed by atoms with Gasteiger partial charge in [0.1, 0.15) is 11.5 Å². The summed E-state index contributed by atoms with van der Waals surface area (Å²) in [6.45, 7) is 2.55. The Hall–Kier alpha value is -4.42. The van der Waals surface area contributed by atoms with Crippen molar-refractivity contribution in [2.75, 3.05) is 7.05 Å². The summed E-state index contributed by atoms with van der Waals surface area (Å²) in [4.78, 5) is 13.3. The summed E-state index contributed by atoms with van der Waals surface area (Å²) >= 11 is 2.30. The fraction of sp³-hybridized carbons (Fsp3) is 0.0909. The van der Waals surface area contributed by atoms with Gasteiger partial charge in [-0.05, 0) is 95.7 Å². The van der Waals surface area contributed by atoms with Gasteiger partial charge in [0.2, 0.25) is 0 Å². The number of carbonyl (C=O) groups excluding carboxylic acids is 1. The fourth-order valence-corrected chi connectivity index (χ4v) is 6.88. The van der Waals surface area contributed by atoms with Crippen molar-refractivity contribution in [3.05, 3.63) is 130 Å². The molecule has 0 bridgehead atoms. The summed E-state index contributed by atoms with van der Waals surface area (Å²) in [5, 5.41) is 7.86. The molecule has 2 aromatic heterocycles. The number of amides is 1. The predicted molar refractivity (Wildman–Crippen MR) is 175 cm³/mol. The molecule has 4 aromatic carbocycles. The molecule has 0 aliphatic heterocycles. The quantitative estimate of drug-likeness (QED) is 0.175. The van der Waals surface area contributed by atoms with Crippen molar-refractivity contribution in [2.45, 2.75) is 18.4 Å². The first-order valence-corrected chi connectivity index (χ1v) is 16.0. The monoisotopic (exact) mass is 702 g/mol. The van der Waals surface area contributed by atoms with Crippen molar-refractivity contribution in [3.63, 3.8) is 0 Å². The zero-order chi connectivity index (χ0) is 30.1. The van der Waals surface area contributed by atoms with E-state index in [0.29, 0.717) is 28.9 Å². The molecule has 0 saturated carbocycles. The molecule has 10 heteroatoms. The van der Waals surface area contributed by atoms with E-state index in [2.05, 4.69) is 46.1 Å². The molecule has 0 aliphatic rings. The molecule has 0 radical (unpaired) electrons. The molecule has 0 atom stereocenters. The largest absolute Gasteiger partial charge is 0.456 e. The number of nitrogens with zero attached hydrogens (tertiary/aromatic N) is 3. The Balaban J connectivity index is 1.32. The van der Waals surface area contributed by atoms with Crippen LogP contribution in [0.5, 0.6) is 11.5 Å². The van der Waals surface area contributed by atoms with Crippen molar-refractivity contribution < 1.29 is 17.9 Å². The topological polar surface area (TPSA) is 95.2 Å². The van der Waals surface area contributed by atoms with Crippen LogP contribution in [0, 0.1) is 10.5 Å². The van der Waals surface area contributed by atoms with Gasteiger partial charge in [-0.1, -0.05) is 42.0 Å². The Bertz CT molecular complexity index is 2080. The lowest BCUT2D eigenvalue weighted by Gasteiger charge is -2.14. The lowest BCUT2D eigenvalue weighted by atomic mass is 10.1. The molecular formula is C33H27IN4O4S. The maximum Gasteiger partial charge on any atom is 0.268 e. The van der Waals surface area contributed by atoms with Crippen LogP contribution < -0.4 is 10.1 Å². The van der Waals surface area contributed by atoms with E-state index in [1.165, 1.54) is 20.8 Å². The summed E-state index contributed by atoms with van der Waals surface area (Å²) < 4.78 is 37.4. The predicted octanol–water partition coefficient (Wildman–Crippen LogP) is 6.86. The summed E-state index contributed by atoms with van der Waals surface area (Å²) in [6.07, 6.45) is 3.40. The van der Waals surface area contributed by atoms with Crippen molar-refractivity contribution in [1.82, 2.24) is 19.1 Å². The van der Waals surface area contributed by atoms with Gasteiger partial charge in [0.25, 0.3) is 15.9 Å². The fourth-order valence-electron chi connectivity index (χ4n) is 4.92. The average Bonchev–Trinajstić information content (AvgIpc) is 3.65. The summed E-state index contributed by atoms with van der Waals surface area (Å²) in [5.74, 6) is 0.427. The lowest BCUT2D eigenvalue weighted by molar-refractivity contribution is 0.0962. The minimum atomic E-state index is -3.88. The Morgan fingerprint density at radius 3 is 2.49 bits per heavy atom. The second-order valence-corrected chi connectivity index (χ2v) is 13.1. The van der Waals surface area contributed by atoms with Crippen LogP contribution in [0.3, 0.4) is 0 Å². The Morgan fingerprint density at radius 1 is 0.930 bits per heavy atom. The van der Waals surface area contributed by atoms with Crippen LogP contribution in [0.25, 0.3) is 22.2 Å². The molecule has 0 saturated heterocycles. The van der Waals surface area contributed by atoms with Gasteiger partial charge in [-0.2, -0.15) is 5.10 Å². The van der Waals surface area contributed by atoms with Crippen LogP contribution in [0.15, 0.2) is 114 Å². The van der Waals surface area contributed by atoms with E-state index >= 15 is 0 Å². The Labute approximate surface area is 263 Å². The van der Waals surface area contributed by atoms with Gasteiger partial charge in [-0.15, -0.1) is 0 Å². The number of hydrogen-bond acceptors (Lipinski definition) is 5. The maximum atomic E-state index is 13.5. The van der Waals surface area contributed by atoms with Gasteiger partial charge >= 0.3 is 0 Å². The second-order valence-electron chi connectivity index (χ2n) is 10.0. The molecule has 1 amide bonds. The second kappa shape index (κ2) is 11.7. The first-order chi connectivity index (χ1) is 20.7.